The highest BCUT2D eigenvalue weighted by molar-refractivity contribution is 7.85. The molecule has 1 unspecified atom stereocenters. The quantitative estimate of drug-likeness (QED) is 0.569. The van der Waals surface area contributed by atoms with Gasteiger partial charge in [-0.05, 0) is 6.92 Å². The van der Waals surface area contributed by atoms with E-state index in [1.165, 1.54) is 0 Å². The molecular weight excluding hydrogens is 186 g/mol. The molecule has 0 aromatic heterocycles. The van der Waals surface area contributed by atoms with Gasteiger partial charge < -0.3 is 10.2 Å². The summed E-state index contributed by atoms with van der Waals surface area (Å²) in [7, 11) is -0.594. The van der Waals surface area contributed by atoms with E-state index in [0.29, 0.717) is 6.04 Å². The summed E-state index contributed by atoms with van der Waals surface area (Å²) in [6.07, 6.45) is 0. The van der Waals surface area contributed by atoms with Crippen LogP contribution in [0.1, 0.15) is 6.92 Å². The summed E-state index contributed by atoms with van der Waals surface area (Å²) in [5, 5.41) is 3.32. The molecule has 5 heteroatoms. The highest BCUT2D eigenvalue weighted by Crippen LogP contribution is 2.04. The summed E-state index contributed by atoms with van der Waals surface area (Å²) >= 11 is 0. The van der Waals surface area contributed by atoms with Crippen molar-refractivity contribution >= 4 is 16.8 Å². The molecule has 1 atom stereocenters. The number of hydrogen-bond acceptors (Lipinski definition) is 4. The molecule has 0 amide bonds. The van der Waals surface area contributed by atoms with E-state index < -0.39 is 10.8 Å². The number of hydrogen-bond donors (Lipinski definition) is 1. The Morgan fingerprint density at radius 1 is 1.54 bits per heavy atom. The maximum Gasteiger partial charge on any atom is 0.194 e. The third kappa shape index (κ3) is 2.02. The summed E-state index contributed by atoms with van der Waals surface area (Å²) in [4.78, 5) is 6.60. The fourth-order valence-corrected chi connectivity index (χ4v) is 2.63. The van der Waals surface area contributed by atoms with E-state index in [1.54, 1.807) is 0 Å². The van der Waals surface area contributed by atoms with Gasteiger partial charge >= 0.3 is 0 Å². The van der Waals surface area contributed by atoms with E-state index >= 15 is 0 Å². The Kier molecular flexibility index (Phi) is 2.53. The van der Waals surface area contributed by atoms with Gasteiger partial charge in [0.15, 0.2) is 5.96 Å². The van der Waals surface area contributed by atoms with Crippen molar-refractivity contribution in [2.75, 3.05) is 31.1 Å². The first-order valence-corrected chi connectivity index (χ1v) is 6.15. The minimum absolute atomic E-state index is 0.461. The SMILES string of the molecule is CC1CN=C(N2CCS(=O)CC2)N1. The molecule has 0 aromatic carbocycles. The smallest absolute Gasteiger partial charge is 0.194 e. The van der Waals surface area contributed by atoms with Gasteiger partial charge in [-0.3, -0.25) is 9.20 Å². The molecule has 0 spiro atoms. The molecular formula is C8H15N3OS. The van der Waals surface area contributed by atoms with Crippen molar-refractivity contribution in [2.24, 2.45) is 4.99 Å². The highest BCUT2D eigenvalue weighted by atomic mass is 32.2. The molecule has 13 heavy (non-hydrogen) atoms. The summed E-state index contributed by atoms with van der Waals surface area (Å²) in [6, 6.07) is 0.461. The average molecular weight is 201 g/mol. The summed E-state index contributed by atoms with van der Waals surface area (Å²) < 4.78 is 11.1. The average Bonchev–Trinajstić information content (AvgIpc) is 2.53. The lowest BCUT2D eigenvalue weighted by atomic mass is 10.4. The van der Waals surface area contributed by atoms with Gasteiger partial charge in [0, 0.05) is 41.4 Å². The van der Waals surface area contributed by atoms with E-state index in [4.69, 9.17) is 0 Å². The first-order valence-electron chi connectivity index (χ1n) is 4.66. The van der Waals surface area contributed by atoms with Gasteiger partial charge in [0.1, 0.15) is 0 Å². The zero-order chi connectivity index (χ0) is 9.26. The molecule has 0 aliphatic carbocycles. The van der Waals surface area contributed by atoms with Gasteiger partial charge in [0.05, 0.1) is 6.54 Å². The lowest BCUT2D eigenvalue weighted by Gasteiger charge is -2.28. The van der Waals surface area contributed by atoms with Crippen LogP contribution in [0, 0.1) is 0 Å². The van der Waals surface area contributed by atoms with Crippen molar-refractivity contribution in [3.8, 4) is 0 Å². The largest absolute Gasteiger partial charge is 0.352 e. The zero-order valence-electron chi connectivity index (χ0n) is 7.82. The van der Waals surface area contributed by atoms with E-state index in [-0.39, 0.29) is 0 Å². The number of nitrogens with one attached hydrogen (secondary N) is 1. The normalized spacial score (nSPS) is 30.1. The standard InChI is InChI=1S/C8H15N3OS/c1-7-6-9-8(10-7)11-2-4-13(12)5-3-11/h7H,2-6H2,1H3,(H,9,10). The third-order valence-electron chi connectivity index (χ3n) is 2.37. The highest BCUT2D eigenvalue weighted by Gasteiger charge is 2.22. The van der Waals surface area contributed by atoms with Gasteiger partial charge in [-0.1, -0.05) is 0 Å². The third-order valence-corrected chi connectivity index (χ3v) is 3.64. The fraction of sp³-hybridized carbons (Fsp3) is 0.875. The second-order valence-electron chi connectivity index (χ2n) is 3.54. The topological polar surface area (TPSA) is 44.7 Å². The minimum Gasteiger partial charge on any atom is -0.352 e. The maximum absolute atomic E-state index is 11.1. The minimum atomic E-state index is -0.594. The molecule has 0 aromatic rings. The Morgan fingerprint density at radius 3 is 2.77 bits per heavy atom. The molecule has 1 fully saturated rings. The second-order valence-corrected chi connectivity index (χ2v) is 5.24. The number of nitrogens with zero attached hydrogens (tertiary/aromatic N) is 2. The number of rotatable bonds is 0. The van der Waals surface area contributed by atoms with Crippen molar-refractivity contribution in [1.29, 1.82) is 0 Å². The van der Waals surface area contributed by atoms with Crippen LogP contribution in [0.4, 0.5) is 0 Å². The van der Waals surface area contributed by atoms with Crippen LogP contribution in [0.25, 0.3) is 0 Å². The van der Waals surface area contributed by atoms with Crippen LogP contribution in [0.15, 0.2) is 4.99 Å². The first-order chi connectivity index (χ1) is 6.25. The molecule has 2 aliphatic rings. The van der Waals surface area contributed by atoms with Gasteiger partial charge in [-0.15, -0.1) is 0 Å². The molecule has 2 heterocycles. The molecule has 1 saturated heterocycles. The molecule has 1 N–H and O–H groups in total. The van der Waals surface area contributed by atoms with Crippen LogP contribution in [-0.2, 0) is 10.8 Å². The van der Waals surface area contributed by atoms with Gasteiger partial charge in [0.25, 0.3) is 0 Å². The van der Waals surface area contributed by atoms with Crippen LogP contribution in [-0.4, -0.2) is 52.3 Å². The summed E-state index contributed by atoms with van der Waals surface area (Å²) in [5.74, 6) is 2.58. The van der Waals surface area contributed by atoms with Crippen LogP contribution in [0.5, 0.6) is 0 Å². The molecule has 0 saturated carbocycles. The van der Waals surface area contributed by atoms with E-state index in [9.17, 15) is 4.21 Å². The van der Waals surface area contributed by atoms with E-state index in [0.717, 1.165) is 37.1 Å². The Balaban J connectivity index is 1.91. The lowest BCUT2D eigenvalue weighted by molar-refractivity contribution is 0.440. The fourth-order valence-electron chi connectivity index (χ4n) is 1.58. The van der Waals surface area contributed by atoms with E-state index in [1.807, 2.05) is 0 Å². The van der Waals surface area contributed by atoms with Crippen LogP contribution < -0.4 is 5.32 Å². The van der Waals surface area contributed by atoms with Crippen molar-refractivity contribution in [3.63, 3.8) is 0 Å². The molecule has 74 valence electrons. The van der Waals surface area contributed by atoms with Gasteiger partial charge in [-0.25, -0.2) is 0 Å². The van der Waals surface area contributed by atoms with Crippen molar-refractivity contribution in [1.82, 2.24) is 10.2 Å². The molecule has 2 rings (SSSR count). The lowest BCUT2D eigenvalue weighted by Crippen LogP contribution is -2.47. The van der Waals surface area contributed by atoms with Crippen molar-refractivity contribution < 1.29 is 4.21 Å². The zero-order valence-corrected chi connectivity index (χ0v) is 8.64. The van der Waals surface area contributed by atoms with Crippen LogP contribution in [0.2, 0.25) is 0 Å². The van der Waals surface area contributed by atoms with Gasteiger partial charge in [0.2, 0.25) is 0 Å². The second kappa shape index (κ2) is 3.65. The predicted molar refractivity (Wildman–Crippen MR) is 54.3 cm³/mol. The Morgan fingerprint density at radius 2 is 2.23 bits per heavy atom. The van der Waals surface area contributed by atoms with E-state index in [2.05, 4.69) is 22.1 Å². The Labute approximate surface area is 80.9 Å². The Bertz CT molecular complexity index is 244. The first kappa shape index (κ1) is 8.99. The van der Waals surface area contributed by atoms with Crippen molar-refractivity contribution in [3.05, 3.63) is 0 Å². The summed E-state index contributed by atoms with van der Waals surface area (Å²) in [5.41, 5.74) is 0. The van der Waals surface area contributed by atoms with Gasteiger partial charge in [-0.2, -0.15) is 0 Å². The van der Waals surface area contributed by atoms with Crippen LogP contribution in [0.3, 0.4) is 0 Å². The number of aliphatic imine (C=N–C) groups is 1. The predicted octanol–water partition coefficient (Wildman–Crippen LogP) is -0.602. The molecule has 2 aliphatic heterocycles. The summed E-state index contributed by atoms with van der Waals surface area (Å²) in [6.45, 7) is 4.75. The molecule has 4 nitrogen and oxygen atoms in total. The molecule has 0 bridgehead atoms. The Hall–Kier alpha value is -0.580. The maximum atomic E-state index is 11.1. The monoisotopic (exact) mass is 201 g/mol. The molecule has 0 radical (unpaired) electrons. The van der Waals surface area contributed by atoms with Crippen LogP contribution >= 0.6 is 0 Å². The number of guanidine groups is 1. The van der Waals surface area contributed by atoms with Crippen molar-refractivity contribution in [2.45, 2.75) is 13.0 Å².